The molecule has 3 aromatic rings. The third kappa shape index (κ3) is 3.31. The van der Waals surface area contributed by atoms with E-state index in [1.165, 1.54) is 4.57 Å². The molecule has 0 fully saturated rings. The molecular formula is C20H20N2O5S. The van der Waals surface area contributed by atoms with Gasteiger partial charge in [-0.1, -0.05) is 6.07 Å². The molecule has 0 aliphatic carbocycles. The SMILES string of the molecule is CCOc1cc2[nH]c(=S)n(Cc3ccc4c(c3)OCO4)c(=O)c2cc1OCC. The van der Waals surface area contributed by atoms with E-state index in [-0.39, 0.29) is 12.4 Å². The number of rotatable bonds is 6. The summed E-state index contributed by atoms with van der Waals surface area (Å²) >= 11 is 5.44. The van der Waals surface area contributed by atoms with E-state index in [1.54, 1.807) is 12.1 Å². The topological polar surface area (TPSA) is 74.7 Å². The van der Waals surface area contributed by atoms with Gasteiger partial charge in [0.1, 0.15) is 0 Å². The highest BCUT2D eigenvalue weighted by Crippen LogP contribution is 2.33. The lowest BCUT2D eigenvalue weighted by Crippen LogP contribution is -2.23. The zero-order chi connectivity index (χ0) is 19.7. The lowest BCUT2D eigenvalue weighted by Gasteiger charge is -2.13. The van der Waals surface area contributed by atoms with Crippen molar-refractivity contribution in [3.05, 3.63) is 51.0 Å². The highest BCUT2D eigenvalue weighted by atomic mass is 32.1. The summed E-state index contributed by atoms with van der Waals surface area (Å²) in [6, 6.07) is 9.04. The summed E-state index contributed by atoms with van der Waals surface area (Å²) in [6.07, 6.45) is 0. The van der Waals surface area contributed by atoms with Gasteiger partial charge in [-0.2, -0.15) is 0 Å². The fourth-order valence-corrected chi connectivity index (χ4v) is 3.42. The van der Waals surface area contributed by atoms with Gasteiger partial charge in [-0.15, -0.1) is 0 Å². The summed E-state index contributed by atoms with van der Waals surface area (Å²) in [7, 11) is 0. The Morgan fingerprint density at radius 3 is 2.54 bits per heavy atom. The monoisotopic (exact) mass is 400 g/mol. The van der Waals surface area contributed by atoms with E-state index in [1.807, 2.05) is 32.0 Å². The van der Waals surface area contributed by atoms with E-state index >= 15 is 0 Å². The zero-order valence-electron chi connectivity index (χ0n) is 15.6. The molecule has 0 amide bonds. The summed E-state index contributed by atoms with van der Waals surface area (Å²) in [5.41, 5.74) is 1.31. The Kier molecular flexibility index (Phi) is 4.95. The van der Waals surface area contributed by atoms with Crippen molar-refractivity contribution < 1.29 is 18.9 Å². The highest BCUT2D eigenvalue weighted by Gasteiger charge is 2.16. The highest BCUT2D eigenvalue weighted by molar-refractivity contribution is 7.71. The largest absolute Gasteiger partial charge is 0.490 e. The molecule has 0 radical (unpaired) electrons. The summed E-state index contributed by atoms with van der Waals surface area (Å²) in [5, 5.41) is 0.487. The maximum Gasteiger partial charge on any atom is 0.262 e. The average molecular weight is 400 g/mol. The molecule has 0 saturated heterocycles. The van der Waals surface area contributed by atoms with Gasteiger partial charge < -0.3 is 23.9 Å². The molecule has 7 nitrogen and oxygen atoms in total. The predicted octanol–water partition coefficient (Wildman–Crippen LogP) is 3.63. The summed E-state index contributed by atoms with van der Waals surface area (Å²) in [4.78, 5) is 16.3. The molecule has 0 spiro atoms. The standard InChI is InChI=1S/C20H20N2O5S/c1-3-24-17-8-13-14(9-18(17)25-4-2)21-20(28)22(19(13)23)10-12-5-6-15-16(7-12)27-11-26-15/h5-9H,3-4,10-11H2,1-2H3,(H,21,28). The van der Waals surface area contributed by atoms with Crippen molar-refractivity contribution in [2.24, 2.45) is 0 Å². The average Bonchev–Trinajstić information content (AvgIpc) is 3.14. The number of fused-ring (bicyclic) bond motifs is 2. The molecule has 2 aromatic carbocycles. The molecule has 1 N–H and O–H groups in total. The van der Waals surface area contributed by atoms with E-state index in [9.17, 15) is 4.79 Å². The summed E-state index contributed by atoms with van der Waals surface area (Å²) in [5.74, 6) is 2.48. The zero-order valence-corrected chi connectivity index (χ0v) is 16.4. The first kappa shape index (κ1) is 18.4. The van der Waals surface area contributed by atoms with Gasteiger partial charge in [0, 0.05) is 6.07 Å². The third-order valence-electron chi connectivity index (χ3n) is 4.42. The van der Waals surface area contributed by atoms with Crippen LogP contribution in [0.2, 0.25) is 0 Å². The Balaban J connectivity index is 1.79. The maximum atomic E-state index is 13.1. The number of hydrogen-bond acceptors (Lipinski definition) is 6. The van der Waals surface area contributed by atoms with Crippen LogP contribution in [0.1, 0.15) is 19.4 Å². The first-order chi connectivity index (χ1) is 13.6. The minimum absolute atomic E-state index is 0.194. The van der Waals surface area contributed by atoms with Crippen LogP contribution in [0, 0.1) is 4.77 Å². The van der Waals surface area contributed by atoms with Crippen molar-refractivity contribution in [3.63, 3.8) is 0 Å². The second-order valence-corrected chi connectivity index (χ2v) is 6.61. The van der Waals surface area contributed by atoms with E-state index < -0.39 is 0 Å². The number of nitrogens with one attached hydrogen (secondary N) is 1. The minimum atomic E-state index is -0.194. The fourth-order valence-electron chi connectivity index (χ4n) is 3.16. The van der Waals surface area contributed by atoms with Crippen LogP contribution in [0.4, 0.5) is 0 Å². The molecule has 0 saturated carbocycles. The van der Waals surface area contributed by atoms with E-state index in [0.29, 0.717) is 58.4 Å². The molecular weight excluding hydrogens is 380 g/mol. The van der Waals surface area contributed by atoms with E-state index in [0.717, 1.165) is 5.56 Å². The van der Waals surface area contributed by atoms with Crippen molar-refractivity contribution in [1.82, 2.24) is 9.55 Å². The first-order valence-corrected chi connectivity index (χ1v) is 9.46. The predicted molar refractivity (Wildman–Crippen MR) is 107 cm³/mol. The van der Waals surface area contributed by atoms with Crippen LogP contribution < -0.4 is 24.5 Å². The Morgan fingerprint density at radius 1 is 1.07 bits per heavy atom. The van der Waals surface area contributed by atoms with Gasteiger partial charge in [0.25, 0.3) is 5.56 Å². The van der Waals surface area contributed by atoms with Gasteiger partial charge in [-0.25, -0.2) is 0 Å². The molecule has 0 atom stereocenters. The van der Waals surface area contributed by atoms with Gasteiger partial charge >= 0.3 is 0 Å². The fraction of sp³-hybridized carbons (Fsp3) is 0.300. The van der Waals surface area contributed by atoms with Crippen molar-refractivity contribution in [2.45, 2.75) is 20.4 Å². The minimum Gasteiger partial charge on any atom is -0.490 e. The molecule has 1 aromatic heterocycles. The van der Waals surface area contributed by atoms with Crippen LogP contribution in [0.3, 0.4) is 0 Å². The number of hydrogen-bond donors (Lipinski definition) is 1. The second kappa shape index (κ2) is 7.55. The van der Waals surface area contributed by atoms with Crippen LogP contribution in [-0.4, -0.2) is 29.6 Å². The van der Waals surface area contributed by atoms with Crippen molar-refractivity contribution in [2.75, 3.05) is 20.0 Å². The van der Waals surface area contributed by atoms with Crippen molar-refractivity contribution in [1.29, 1.82) is 0 Å². The maximum absolute atomic E-state index is 13.1. The van der Waals surface area contributed by atoms with Crippen molar-refractivity contribution >= 4 is 23.1 Å². The van der Waals surface area contributed by atoms with Crippen LogP contribution >= 0.6 is 12.2 Å². The van der Waals surface area contributed by atoms with Crippen LogP contribution in [0.25, 0.3) is 10.9 Å². The van der Waals surface area contributed by atoms with Gasteiger partial charge in [-0.05, 0) is 49.8 Å². The first-order valence-electron chi connectivity index (χ1n) is 9.05. The number of H-pyrrole nitrogens is 1. The Hall–Kier alpha value is -3.00. The van der Waals surface area contributed by atoms with Crippen LogP contribution in [-0.2, 0) is 6.54 Å². The molecule has 8 heteroatoms. The Labute approximate surface area is 166 Å². The molecule has 28 heavy (non-hydrogen) atoms. The van der Waals surface area contributed by atoms with Crippen LogP contribution in [0.5, 0.6) is 23.0 Å². The lowest BCUT2D eigenvalue weighted by atomic mass is 10.2. The van der Waals surface area contributed by atoms with Gasteiger partial charge in [-0.3, -0.25) is 9.36 Å². The summed E-state index contributed by atoms with van der Waals surface area (Å²) in [6.45, 7) is 5.27. The van der Waals surface area contributed by atoms with Gasteiger partial charge in [0.15, 0.2) is 27.8 Å². The van der Waals surface area contributed by atoms with E-state index in [2.05, 4.69) is 4.98 Å². The number of nitrogens with zero attached hydrogens (tertiary/aromatic N) is 1. The number of aromatic nitrogens is 2. The number of benzene rings is 2. The molecule has 146 valence electrons. The molecule has 0 unspecified atom stereocenters. The lowest BCUT2D eigenvalue weighted by molar-refractivity contribution is 0.174. The van der Waals surface area contributed by atoms with Gasteiger partial charge in [0.2, 0.25) is 6.79 Å². The van der Waals surface area contributed by atoms with Crippen molar-refractivity contribution in [3.8, 4) is 23.0 Å². The molecule has 1 aliphatic rings. The molecule has 2 heterocycles. The van der Waals surface area contributed by atoms with Crippen LogP contribution in [0.15, 0.2) is 35.1 Å². The Morgan fingerprint density at radius 2 is 1.79 bits per heavy atom. The van der Waals surface area contributed by atoms with Gasteiger partial charge in [0.05, 0.1) is 30.7 Å². The second-order valence-electron chi connectivity index (χ2n) is 6.22. The molecule has 0 bridgehead atoms. The molecule has 1 aliphatic heterocycles. The third-order valence-corrected chi connectivity index (χ3v) is 4.75. The normalized spacial score (nSPS) is 12.4. The van der Waals surface area contributed by atoms with E-state index in [4.69, 9.17) is 31.2 Å². The smallest absolute Gasteiger partial charge is 0.262 e. The quantitative estimate of drug-likeness (QED) is 0.637. The number of ether oxygens (including phenoxy) is 4. The number of aromatic amines is 1. The summed E-state index contributed by atoms with van der Waals surface area (Å²) < 4.78 is 23.9. The Bertz CT molecular complexity index is 1150. The molecule has 4 rings (SSSR count).